The molecular weight excluding hydrogens is 265 g/mol. The summed E-state index contributed by atoms with van der Waals surface area (Å²) in [5.41, 5.74) is -0.301. The van der Waals surface area contributed by atoms with Gasteiger partial charge in [0.05, 0.1) is 5.60 Å². The Hall–Kier alpha value is -0.640. The number of hydrogen-bond acceptors (Lipinski definition) is 2. The van der Waals surface area contributed by atoms with Gasteiger partial charge in [0.15, 0.2) is 0 Å². The Morgan fingerprint density at radius 3 is 2.58 bits per heavy atom. The van der Waals surface area contributed by atoms with Crippen molar-refractivity contribution >= 4 is 11.6 Å². The van der Waals surface area contributed by atoms with Crippen molar-refractivity contribution in [3.8, 4) is 0 Å². The van der Waals surface area contributed by atoms with Crippen molar-refractivity contribution in [1.82, 2.24) is 4.90 Å². The van der Waals surface area contributed by atoms with Gasteiger partial charge in [-0.3, -0.25) is 0 Å². The summed E-state index contributed by atoms with van der Waals surface area (Å²) >= 11 is 5.89. The summed E-state index contributed by atoms with van der Waals surface area (Å²) in [5, 5.41) is 11.1. The van der Waals surface area contributed by atoms with Crippen LogP contribution in [0.4, 0.5) is 4.39 Å². The monoisotopic (exact) mass is 285 g/mol. The number of halogens is 2. The molecule has 2 nitrogen and oxygen atoms in total. The molecule has 1 aromatic rings. The molecule has 1 saturated heterocycles. The fourth-order valence-electron chi connectivity index (χ4n) is 2.67. The van der Waals surface area contributed by atoms with Crippen LogP contribution in [0.25, 0.3) is 0 Å². The van der Waals surface area contributed by atoms with E-state index >= 15 is 0 Å². The van der Waals surface area contributed by atoms with Gasteiger partial charge >= 0.3 is 0 Å². The SMILES string of the molecule is CC(C)N1CCC(O)(Cc2cc(Cl)ccc2F)CC1. The van der Waals surface area contributed by atoms with E-state index in [0.717, 1.165) is 13.1 Å². The van der Waals surface area contributed by atoms with Crippen LogP contribution in [0.3, 0.4) is 0 Å². The maximum absolute atomic E-state index is 13.7. The Labute approximate surface area is 119 Å². The minimum Gasteiger partial charge on any atom is -0.389 e. The molecule has 0 saturated carbocycles. The number of nitrogens with zero attached hydrogens (tertiary/aromatic N) is 1. The lowest BCUT2D eigenvalue weighted by atomic mass is 9.85. The average Bonchev–Trinajstić information content (AvgIpc) is 2.34. The van der Waals surface area contributed by atoms with E-state index in [9.17, 15) is 9.50 Å². The van der Waals surface area contributed by atoms with E-state index in [1.165, 1.54) is 12.1 Å². The molecule has 2 rings (SSSR count). The molecule has 0 aliphatic carbocycles. The van der Waals surface area contributed by atoms with E-state index in [2.05, 4.69) is 18.7 Å². The first-order valence-corrected chi connectivity index (χ1v) is 7.18. The first kappa shape index (κ1) is 14.8. The normalized spacial score (nSPS) is 19.9. The van der Waals surface area contributed by atoms with Crippen LogP contribution in [0.5, 0.6) is 0 Å². The molecule has 1 aromatic carbocycles. The summed E-state index contributed by atoms with van der Waals surface area (Å²) in [7, 11) is 0. The predicted molar refractivity (Wildman–Crippen MR) is 76.0 cm³/mol. The highest BCUT2D eigenvalue weighted by molar-refractivity contribution is 6.30. The van der Waals surface area contributed by atoms with Crippen molar-refractivity contribution < 1.29 is 9.50 Å². The highest BCUT2D eigenvalue weighted by atomic mass is 35.5. The molecule has 1 N–H and O–H groups in total. The molecule has 1 heterocycles. The standard InChI is InChI=1S/C15H21ClFNO/c1-11(2)18-7-5-15(19,6-8-18)10-12-9-13(16)3-4-14(12)17/h3-4,9,11,19H,5-8,10H2,1-2H3. The van der Waals surface area contributed by atoms with Gasteiger partial charge in [0.1, 0.15) is 5.82 Å². The number of likely N-dealkylation sites (tertiary alicyclic amines) is 1. The summed E-state index contributed by atoms with van der Waals surface area (Å²) in [5.74, 6) is -0.288. The lowest BCUT2D eigenvalue weighted by Crippen LogP contribution is -2.47. The first-order valence-electron chi connectivity index (χ1n) is 6.80. The predicted octanol–water partition coefficient (Wildman–Crippen LogP) is 3.26. The number of aliphatic hydroxyl groups is 1. The van der Waals surface area contributed by atoms with Crippen LogP contribution in [0.15, 0.2) is 18.2 Å². The molecular formula is C15H21ClFNO. The Balaban J connectivity index is 2.05. The third kappa shape index (κ3) is 3.68. The zero-order chi connectivity index (χ0) is 14.0. The van der Waals surface area contributed by atoms with E-state index in [1.807, 2.05) is 0 Å². The van der Waals surface area contributed by atoms with Gasteiger partial charge in [-0.2, -0.15) is 0 Å². The fourth-order valence-corrected chi connectivity index (χ4v) is 2.86. The molecule has 0 unspecified atom stereocenters. The molecule has 0 amide bonds. The van der Waals surface area contributed by atoms with Crippen molar-refractivity contribution in [3.05, 3.63) is 34.6 Å². The van der Waals surface area contributed by atoms with E-state index in [-0.39, 0.29) is 5.82 Å². The Morgan fingerprint density at radius 2 is 2.00 bits per heavy atom. The highest BCUT2D eigenvalue weighted by Crippen LogP contribution is 2.29. The molecule has 1 fully saturated rings. The lowest BCUT2D eigenvalue weighted by Gasteiger charge is -2.40. The van der Waals surface area contributed by atoms with Gasteiger partial charge in [-0.15, -0.1) is 0 Å². The molecule has 1 aliphatic heterocycles. The van der Waals surface area contributed by atoms with Crippen molar-refractivity contribution in [2.45, 2.75) is 44.8 Å². The Morgan fingerprint density at radius 1 is 1.37 bits per heavy atom. The molecule has 106 valence electrons. The molecule has 19 heavy (non-hydrogen) atoms. The van der Waals surface area contributed by atoms with Crippen LogP contribution in [0.1, 0.15) is 32.3 Å². The number of hydrogen-bond donors (Lipinski definition) is 1. The van der Waals surface area contributed by atoms with E-state index in [4.69, 9.17) is 11.6 Å². The Bertz CT molecular complexity index is 442. The van der Waals surface area contributed by atoms with Crippen molar-refractivity contribution in [2.75, 3.05) is 13.1 Å². The van der Waals surface area contributed by atoms with E-state index in [0.29, 0.717) is 35.9 Å². The zero-order valence-corrected chi connectivity index (χ0v) is 12.3. The molecule has 1 aliphatic rings. The lowest BCUT2D eigenvalue weighted by molar-refractivity contribution is -0.0276. The van der Waals surface area contributed by atoms with Gasteiger partial charge in [-0.1, -0.05) is 11.6 Å². The number of rotatable bonds is 3. The van der Waals surface area contributed by atoms with Crippen LogP contribution in [0, 0.1) is 5.82 Å². The summed E-state index contributed by atoms with van der Waals surface area (Å²) < 4.78 is 13.7. The first-order chi connectivity index (χ1) is 8.89. The van der Waals surface area contributed by atoms with E-state index in [1.54, 1.807) is 6.07 Å². The zero-order valence-electron chi connectivity index (χ0n) is 11.5. The molecule has 0 spiro atoms. The van der Waals surface area contributed by atoms with Gasteiger partial charge in [-0.05, 0) is 50.5 Å². The van der Waals surface area contributed by atoms with Gasteiger partial charge < -0.3 is 10.0 Å². The fraction of sp³-hybridized carbons (Fsp3) is 0.600. The topological polar surface area (TPSA) is 23.5 Å². The maximum Gasteiger partial charge on any atom is 0.126 e. The smallest absolute Gasteiger partial charge is 0.126 e. The molecule has 0 bridgehead atoms. The molecule has 4 heteroatoms. The third-order valence-electron chi connectivity index (χ3n) is 3.99. The number of benzene rings is 1. The van der Waals surface area contributed by atoms with Crippen LogP contribution in [-0.4, -0.2) is 34.7 Å². The van der Waals surface area contributed by atoms with Gasteiger partial charge in [0.25, 0.3) is 0 Å². The van der Waals surface area contributed by atoms with Gasteiger partial charge in [0.2, 0.25) is 0 Å². The highest BCUT2D eigenvalue weighted by Gasteiger charge is 2.33. The minimum atomic E-state index is -0.809. The van der Waals surface area contributed by atoms with Crippen LogP contribution >= 0.6 is 11.6 Å². The van der Waals surface area contributed by atoms with Gasteiger partial charge in [-0.25, -0.2) is 4.39 Å². The molecule has 0 radical (unpaired) electrons. The second kappa shape index (κ2) is 5.78. The minimum absolute atomic E-state index is 0.288. The largest absolute Gasteiger partial charge is 0.389 e. The second-order valence-corrected chi connectivity index (χ2v) is 6.20. The third-order valence-corrected chi connectivity index (χ3v) is 4.22. The van der Waals surface area contributed by atoms with Crippen LogP contribution in [0.2, 0.25) is 5.02 Å². The van der Waals surface area contributed by atoms with Crippen molar-refractivity contribution in [3.63, 3.8) is 0 Å². The maximum atomic E-state index is 13.7. The summed E-state index contributed by atoms with van der Waals surface area (Å²) in [6.07, 6.45) is 1.69. The molecule has 0 atom stereocenters. The van der Waals surface area contributed by atoms with Crippen molar-refractivity contribution in [2.24, 2.45) is 0 Å². The molecule has 0 aromatic heterocycles. The quantitative estimate of drug-likeness (QED) is 0.921. The summed E-state index contributed by atoms with van der Waals surface area (Å²) in [6, 6.07) is 5.01. The number of piperidine rings is 1. The average molecular weight is 286 g/mol. The Kier molecular flexibility index (Phi) is 4.49. The van der Waals surface area contributed by atoms with E-state index < -0.39 is 5.60 Å². The summed E-state index contributed by atoms with van der Waals surface area (Å²) in [4.78, 5) is 2.34. The van der Waals surface area contributed by atoms with Gasteiger partial charge in [0, 0.05) is 30.6 Å². The second-order valence-electron chi connectivity index (χ2n) is 5.77. The van der Waals surface area contributed by atoms with Crippen LogP contribution in [-0.2, 0) is 6.42 Å². The summed E-state index contributed by atoms with van der Waals surface area (Å²) in [6.45, 7) is 6.02. The van der Waals surface area contributed by atoms with Crippen LogP contribution < -0.4 is 0 Å². The van der Waals surface area contributed by atoms with Crippen molar-refractivity contribution in [1.29, 1.82) is 0 Å².